The summed E-state index contributed by atoms with van der Waals surface area (Å²) in [6, 6.07) is 8.19. The highest BCUT2D eigenvalue weighted by Gasteiger charge is 2.49. The summed E-state index contributed by atoms with van der Waals surface area (Å²) >= 11 is 0. The van der Waals surface area contributed by atoms with Gasteiger partial charge in [-0.3, -0.25) is 19.8 Å². The first-order chi connectivity index (χ1) is 14.6. The van der Waals surface area contributed by atoms with Crippen LogP contribution in [0.4, 0.5) is 5.69 Å². The number of methoxy groups -OCH3 is 1. The van der Waals surface area contributed by atoms with Crippen molar-refractivity contribution in [2.45, 2.75) is 44.6 Å². The minimum atomic E-state index is -0.264. The maximum absolute atomic E-state index is 11.9. The average Bonchev–Trinajstić information content (AvgIpc) is 3.11. The first-order valence-electron chi connectivity index (χ1n) is 11.1. The predicted molar refractivity (Wildman–Crippen MR) is 115 cm³/mol. The summed E-state index contributed by atoms with van der Waals surface area (Å²) in [4.78, 5) is 28.6. The number of rotatable bonds is 7. The van der Waals surface area contributed by atoms with E-state index >= 15 is 0 Å². The number of imide groups is 1. The lowest BCUT2D eigenvalue weighted by Gasteiger charge is -2.38. The van der Waals surface area contributed by atoms with Crippen molar-refractivity contribution in [3.05, 3.63) is 24.3 Å². The molecule has 1 saturated carbocycles. The molecule has 30 heavy (non-hydrogen) atoms. The molecule has 2 saturated heterocycles. The summed E-state index contributed by atoms with van der Waals surface area (Å²) in [7, 11) is 1.72. The Labute approximate surface area is 178 Å². The molecule has 1 atom stereocenters. The average molecular weight is 416 g/mol. The van der Waals surface area contributed by atoms with Gasteiger partial charge in [-0.1, -0.05) is 18.6 Å². The number of anilines is 1. The molecule has 7 heteroatoms. The lowest BCUT2D eigenvalue weighted by atomic mass is 9.75. The number of nitrogens with zero attached hydrogens (tertiary/aromatic N) is 2. The zero-order chi connectivity index (χ0) is 21.0. The monoisotopic (exact) mass is 415 g/mol. The molecule has 1 spiro atoms. The Balaban J connectivity index is 1.20. The Morgan fingerprint density at radius 1 is 1.10 bits per heavy atom. The summed E-state index contributed by atoms with van der Waals surface area (Å²) in [5.41, 5.74) is 0.903. The van der Waals surface area contributed by atoms with E-state index < -0.39 is 0 Å². The number of carbonyl (C=O) groups excluding carboxylic acids is 2. The van der Waals surface area contributed by atoms with Crippen molar-refractivity contribution in [3.63, 3.8) is 0 Å². The van der Waals surface area contributed by atoms with Gasteiger partial charge in [-0.15, -0.1) is 0 Å². The van der Waals surface area contributed by atoms with E-state index in [4.69, 9.17) is 9.47 Å². The molecule has 1 aliphatic carbocycles. The molecule has 164 valence electrons. The number of piperazine rings is 1. The second-order valence-corrected chi connectivity index (χ2v) is 8.79. The van der Waals surface area contributed by atoms with Crippen molar-refractivity contribution in [2.24, 2.45) is 5.41 Å². The molecular weight excluding hydrogens is 382 g/mol. The van der Waals surface area contributed by atoms with Crippen LogP contribution in [0.3, 0.4) is 0 Å². The molecule has 0 bridgehead atoms. The zero-order valence-corrected chi connectivity index (χ0v) is 17.9. The number of nitrogens with one attached hydrogen (secondary N) is 1. The van der Waals surface area contributed by atoms with Gasteiger partial charge in [-0.05, 0) is 31.4 Å². The summed E-state index contributed by atoms with van der Waals surface area (Å²) in [5.74, 6) is 0.643. The fourth-order valence-electron chi connectivity index (χ4n) is 5.33. The molecule has 4 rings (SSSR count). The third-order valence-corrected chi connectivity index (χ3v) is 6.86. The van der Waals surface area contributed by atoms with Gasteiger partial charge in [0.05, 0.1) is 18.9 Å². The van der Waals surface area contributed by atoms with Crippen LogP contribution in [0.15, 0.2) is 24.3 Å². The Bertz CT molecular complexity index is 745. The Morgan fingerprint density at radius 2 is 1.83 bits per heavy atom. The molecular formula is C23H33N3O4. The van der Waals surface area contributed by atoms with Gasteiger partial charge in [0.25, 0.3) is 0 Å². The van der Waals surface area contributed by atoms with Crippen molar-refractivity contribution in [3.8, 4) is 5.75 Å². The number of para-hydroxylation sites is 2. The van der Waals surface area contributed by atoms with Gasteiger partial charge in [-0.2, -0.15) is 0 Å². The van der Waals surface area contributed by atoms with Crippen LogP contribution in [0.1, 0.15) is 38.5 Å². The van der Waals surface area contributed by atoms with Crippen LogP contribution in [0.2, 0.25) is 0 Å². The maximum Gasteiger partial charge on any atom is 0.227 e. The van der Waals surface area contributed by atoms with Crippen LogP contribution in [0.25, 0.3) is 0 Å². The molecule has 1 aromatic rings. The molecule has 1 aromatic carbocycles. The number of piperidine rings is 1. The Hall–Kier alpha value is -2.12. The molecule has 3 fully saturated rings. The van der Waals surface area contributed by atoms with E-state index in [0.717, 1.165) is 64.2 Å². The highest BCUT2D eigenvalue weighted by atomic mass is 16.5. The molecule has 1 unspecified atom stereocenters. The normalized spacial score (nSPS) is 24.3. The summed E-state index contributed by atoms with van der Waals surface area (Å²) in [5, 5.41) is 2.43. The van der Waals surface area contributed by atoms with Crippen LogP contribution in [0.5, 0.6) is 5.75 Å². The quantitative estimate of drug-likeness (QED) is 0.544. The predicted octanol–water partition coefficient (Wildman–Crippen LogP) is 2.20. The van der Waals surface area contributed by atoms with Gasteiger partial charge in [0.2, 0.25) is 11.8 Å². The van der Waals surface area contributed by atoms with Crippen molar-refractivity contribution >= 4 is 17.5 Å². The van der Waals surface area contributed by atoms with Crippen LogP contribution in [-0.4, -0.2) is 69.3 Å². The highest BCUT2D eigenvalue weighted by molar-refractivity contribution is 5.98. The van der Waals surface area contributed by atoms with Gasteiger partial charge in [-0.25, -0.2) is 0 Å². The van der Waals surface area contributed by atoms with E-state index in [0.29, 0.717) is 19.4 Å². The van der Waals surface area contributed by atoms with Crippen LogP contribution < -0.4 is 15.0 Å². The summed E-state index contributed by atoms with van der Waals surface area (Å²) in [6.45, 7) is 5.74. The number of ether oxygens (including phenoxy) is 2. The SMILES string of the molecule is COc1ccccc1N1CCN(CCCOC2CCCC23CC(=O)NC(=O)C3)CC1. The third-order valence-electron chi connectivity index (χ3n) is 6.86. The van der Waals surface area contributed by atoms with Gasteiger partial charge >= 0.3 is 0 Å². The van der Waals surface area contributed by atoms with Gasteiger partial charge < -0.3 is 14.4 Å². The van der Waals surface area contributed by atoms with E-state index in [2.05, 4.69) is 27.2 Å². The Morgan fingerprint density at radius 3 is 2.57 bits per heavy atom. The van der Waals surface area contributed by atoms with Crippen molar-refractivity contribution in [2.75, 3.05) is 51.3 Å². The third kappa shape index (κ3) is 4.62. The molecule has 1 N–H and O–H groups in total. The lowest BCUT2D eigenvalue weighted by molar-refractivity contribution is -0.143. The molecule has 2 aliphatic heterocycles. The van der Waals surface area contributed by atoms with Crippen molar-refractivity contribution < 1.29 is 19.1 Å². The first kappa shape index (κ1) is 21.1. The van der Waals surface area contributed by atoms with E-state index in [1.54, 1.807) is 7.11 Å². The number of benzene rings is 1. The smallest absolute Gasteiger partial charge is 0.227 e. The van der Waals surface area contributed by atoms with Crippen LogP contribution in [-0.2, 0) is 14.3 Å². The topological polar surface area (TPSA) is 71.1 Å². The van der Waals surface area contributed by atoms with E-state index in [-0.39, 0.29) is 23.3 Å². The molecule has 0 radical (unpaired) electrons. The fourth-order valence-corrected chi connectivity index (χ4v) is 5.33. The van der Waals surface area contributed by atoms with E-state index in [1.165, 1.54) is 5.69 Å². The lowest BCUT2D eigenvalue weighted by Crippen LogP contribution is -2.49. The zero-order valence-electron chi connectivity index (χ0n) is 17.9. The first-order valence-corrected chi connectivity index (χ1v) is 11.1. The summed E-state index contributed by atoms with van der Waals surface area (Å²) in [6.07, 6.45) is 4.77. The molecule has 2 amide bonds. The van der Waals surface area contributed by atoms with Gasteiger partial charge in [0.15, 0.2) is 0 Å². The van der Waals surface area contributed by atoms with Crippen LogP contribution >= 0.6 is 0 Å². The maximum atomic E-state index is 11.9. The number of hydrogen-bond donors (Lipinski definition) is 1. The minimum absolute atomic E-state index is 0.0369. The number of carbonyl (C=O) groups is 2. The van der Waals surface area contributed by atoms with Crippen molar-refractivity contribution in [1.82, 2.24) is 10.2 Å². The van der Waals surface area contributed by atoms with E-state index in [9.17, 15) is 9.59 Å². The van der Waals surface area contributed by atoms with E-state index in [1.807, 2.05) is 12.1 Å². The highest BCUT2D eigenvalue weighted by Crippen LogP contribution is 2.47. The number of amides is 2. The van der Waals surface area contributed by atoms with Gasteiger partial charge in [0, 0.05) is 57.6 Å². The summed E-state index contributed by atoms with van der Waals surface area (Å²) < 4.78 is 11.7. The second kappa shape index (κ2) is 9.35. The fraction of sp³-hybridized carbons (Fsp3) is 0.652. The number of hydrogen-bond acceptors (Lipinski definition) is 6. The largest absolute Gasteiger partial charge is 0.495 e. The second-order valence-electron chi connectivity index (χ2n) is 8.79. The molecule has 2 heterocycles. The molecule has 3 aliphatic rings. The Kier molecular flexibility index (Phi) is 6.58. The molecule has 0 aromatic heterocycles. The molecule has 7 nitrogen and oxygen atoms in total. The standard InChI is InChI=1S/C23H33N3O4/c1-29-19-7-3-2-6-18(19)26-13-11-25(12-14-26)10-5-15-30-20-8-4-9-23(20)16-21(27)24-22(28)17-23/h2-3,6-7,20H,4-5,8-17H2,1H3,(H,24,27,28). The van der Waals surface area contributed by atoms with Crippen molar-refractivity contribution in [1.29, 1.82) is 0 Å². The van der Waals surface area contributed by atoms with Gasteiger partial charge in [0.1, 0.15) is 5.75 Å². The minimum Gasteiger partial charge on any atom is -0.495 e. The van der Waals surface area contributed by atoms with Crippen LogP contribution in [0, 0.1) is 5.41 Å².